The Morgan fingerprint density at radius 1 is 1.25 bits per heavy atom. The summed E-state index contributed by atoms with van der Waals surface area (Å²) in [5.41, 5.74) is 6.38. The van der Waals surface area contributed by atoms with Crippen molar-refractivity contribution in [2.24, 2.45) is 0 Å². The first-order valence-electron chi connectivity index (χ1n) is 12.0. The van der Waals surface area contributed by atoms with Crippen LogP contribution in [-0.4, -0.2) is 47.0 Å². The van der Waals surface area contributed by atoms with Gasteiger partial charge in [0.05, 0.1) is 12.2 Å². The molecule has 32 heavy (non-hydrogen) atoms. The van der Waals surface area contributed by atoms with Crippen molar-refractivity contribution in [2.45, 2.75) is 65.3 Å². The minimum absolute atomic E-state index is 0.196. The minimum atomic E-state index is 0.196. The number of aromatic nitrogens is 1. The fourth-order valence-corrected chi connectivity index (χ4v) is 6.91. The zero-order valence-corrected chi connectivity index (χ0v) is 20.3. The second kappa shape index (κ2) is 8.99. The van der Waals surface area contributed by atoms with Gasteiger partial charge in [-0.1, -0.05) is 18.1 Å². The molecule has 0 saturated carbocycles. The van der Waals surface area contributed by atoms with Crippen molar-refractivity contribution >= 4 is 28.2 Å². The number of carbonyl (C=O) groups excluding carboxylic acids is 1. The Morgan fingerprint density at radius 3 is 2.81 bits per heavy atom. The van der Waals surface area contributed by atoms with Crippen LogP contribution < -0.4 is 0 Å². The van der Waals surface area contributed by atoms with E-state index in [4.69, 9.17) is 4.52 Å². The Hall–Kier alpha value is -2.18. The molecule has 2 aromatic heterocycles. The summed E-state index contributed by atoms with van der Waals surface area (Å²) in [4.78, 5) is 19.4. The summed E-state index contributed by atoms with van der Waals surface area (Å²) in [6.07, 6.45) is 5.53. The third-order valence-corrected chi connectivity index (χ3v) is 8.65. The number of carbonyl (C=O) groups is 1. The molecule has 0 unspecified atom stereocenters. The van der Waals surface area contributed by atoms with Crippen LogP contribution in [0, 0.1) is 6.92 Å². The van der Waals surface area contributed by atoms with Crippen LogP contribution in [0.25, 0.3) is 11.0 Å². The lowest BCUT2D eigenvalue weighted by Gasteiger charge is -2.31. The molecule has 0 N–H and O–H groups in total. The molecule has 0 bridgehead atoms. The van der Waals surface area contributed by atoms with E-state index in [0.29, 0.717) is 5.92 Å². The van der Waals surface area contributed by atoms with Gasteiger partial charge in [-0.25, -0.2) is 0 Å². The lowest BCUT2D eigenvalue weighted by atomic mass is 9.91. The van der Waals surface area contributed by atoms with E-state index in [0.717, 1.165) is 76.1 Å². The molecule has 0 spiro atoms. The molecular weight excluding hydrogens is 418 g/mol. The van der Waals surface area contributed by atoms with Crippen LogP contribution in [0.3, 0.4) is 0 Å². The number of rotatable bonds is 5. The van der Waals surface area contributed by atoms with Crippen molar-refractivity contribution < 1.29 is 9.32 Å². The van der Waals surface area contributed by atoms with E-state index in [1.807, 2.05) is 16.2 Å². The Morgan fingerprint density at radius 2 is 2.06 bits per heavy atom. The number of hydrogen-bond donors (Lipinski definition) is 0. The summed E-state index contributed by atoms with van der Waals surface area (Å²) < 4.78 is 5.62. The van der Waals surface area contributed by atoms with Crippen molar-refractivity contribution in [1.29, 1.82) is 0 Å². The summed E-state index contributed by atoms with van der Waals surface area (Å²) in [7, 11) is 0. The van der Waals surface area contributed by atoms with Gasteiger partial charge >= 0.3 is 0 Å². The second-order valence-electron chi connectivity index (χ2n) is 9.38. The van der Waals surface area contributed by atoms with Crippen LogP contribution in [0.1, 0.15) is 64.7 Å². The van der Waals surface area contributed by atoms with Gasteiger partial charge in [0.2, 0.25) is 5.91 Å². The van der Waals surface area contributed by atoms with Crippen LogP contribution in [0.5, 0.6) is 0 Å². The quantitative estimate of drug-likeness (QED) is 0.542. The lowest BCUT2D eigenvalue weighted by Crippen LogP contribution is -2.34. The minimum Gasteiger partial charge on any atom is -0.356 e. The standard InChI is InChI=1S/C26H33N3O2S/c1-4-20-21-9-14-29(18(3)30)16-25(21)32-24(20)10-13-28-11-7-19(8-12-28)26-22-6-5-17(2)15-23(22)31-27-26/h5-6,15,19H,4,7-14,16H2,1-3H3. The number of fused-ring (bicyclic) bond motifs is 2. The average molecular weight is 452 g/mol. The number of piperidine rings is 1. The van der Waals surface area contributed by atoms with Crippen LogP contribution in [0.4, 0.5) is 0 Å². The summed E-state index contributed by atoms with van der Waals surface area (Å²) in [5, 5.41) is 5.62. The highest BCUT2D eigenvalue weighted by atomic mass is 32.1. The van der Waals surface area contributed by atoms with Crippen molar-refractivity contribution in [1.82, 2.24) is 15.0 Å². The Kier molecular flexibility index (Phi) is 6.08. The predicted molar refractivity (Wildman–Crippen MR) is 129 cm³/mol. The van der Waals surface area contributed by atoms with Gasteiger partial charge in [-0.2, -0.15) is 0 Å². The summed E-state index contributed by atoms with van der Waals surface area (Å²) in [6, 6.07) is 6.41. The third kappa shape index (κ3) is 4.11. The van der Waals surface area contributed by atoms with Crippen molar-refractivity contribution in [2.75, 3.05) is 26.2 Å². The van der Waals surface area contributed by atoms with Crippen LogP contribution in [0.15, 0.2) is 22.7 Å². The van der Waals surface area contributed by atoms with E-state index in [-0.39, 0.29) is 5.91 Å². The van der Waals surface area contributed by atoms with Crippen LogP contribution in [-0.2, 0) is 30.6 Å². The van der Waals surface area contributed by atoms with Gasteiger partial charge in [-0.15, -0.1) is 11.3 Å². The van der Waals surface area contributed by atoms with E-state index in [1.165, 1.54) is 21.4 Å². The van der Waals surface area contributed by atoms with Crippen molar-refractivity contribution in [3.63, 3.8) is 0 Å². The molecule has 1 aromatic carbocycles. The molecule has 1 saturated heterocycles. The van der Waals surface area contributed by atoms with Gasteiger partial charge in [0.1, 0.15) is 0 Å². The first-order chi connectivity index (χ1) is 15.5. The zero-order chi connectivity index (χ0) is 22.2. The van der Waals surface area contributed by atoms with E-state index in [1.54, 1.807) is 17.4 Å². The summed E-state index contributed by atoms with van der Waals surface area (Å²) in [6.45, 7) is 11.1. The van der Waals surface area contributed by atoms with Gasteiger partial charge in [0, 0.05) is 41.1 Å². The first-order valence-corrected chi connectivity index (χ1v) is 12.8. The molecule has 6 heteroatoms. The van der Waals surface area contributed by atoms with Gasteiger partial charge < -0.3 is 14.3 Å². The number of nitrogens with zero attached hydrogens (tertiary/aromatic N) is 3. The smallest absolute Gasteiger partial charge is 0.219 e. The number of likely N-dealkylation sites (tertiary alicyclic amines) is 1. The second-order valence-corrected chi connectivity index (χ2v) is 10.6. The predicted octanol–water partition coefficient (Wildman–Crippen LogP) is 5.09. The highest BCUT2D eigenvalue weighted by Gasteiger charge is 2.27. The van der Waals surface area contributed by atoms with E-state index in [9.17, 15) is 4.79 Å². The molecule has 0 atom stereocenters. The monoisotopic (exact) mass is 451 g/mol. The van der Waals surface area contributed by atoms with E-state index in [2.05, 4.69) is 42.1 Å². The number of hydrogen-bond acceptors (Lipinski definition) is 5. The molecule has 5 nitrogen and oxygen atoms in total. The summed E-state index contributed by atoms with van der Waals surface area (Å²) >= 11 is 1.95. The lowest BCUT2D eigenvalue weighted by molar-refractivity contribution is -0.129. The largest absolute Gasteiger partial charge is 0.356 e. The maximum absolute atomic E-state index is 11.8. The molecule has 170 valence electrons. The van der Waals surface area contributed by atoms with E-state index >= 15 is 0 Å². The highest BCUT2D eigenvalue weighted by molar-refractivity contribution is 7.12. The third-order valence-electron chi connectivity index (χ3n) is 7.33. The van der Waals surface area contributed by atoms with E-state index < -0.39 is 0 Å². The molecule has 3 aromatic rings. The van der Waals surface area contributed by atoms with Crippen LogP contribution >= 0.6 is 11.3 Å². The number of benzene rings is 1. The molecule has 2 aliphatic rings. The van der Waals surface area contributed by atoms with Gasteiger partial charge in [0.25, 0.3) is 0 Å². The number of amides is 1. The molecule has 5 rings (SSSR count). The Bertz CT molecular complexity index is 1120. The zero-order valence-electron chi connectivity index (χ0n) is 19.4. The molecular formula is C26H33N3O2S. The topological polar surface area (TPSA) is 49.6 Å². The van der Waals surface area contributed by atoms with Gasteiger partial charge in [0.15, 0.2) is 5.58 Å². The SMILES string of the molecule is CCc1c(CCN2CCC(c3noc4cc(C)ccc34)CC2)sc2c1CCN(C(C)=O)C2. The Labute approximate surface area is 194 Å². The number of aryl methyl sites for hydroxylation is 1. The molecule has 1 amide bonds. The van der Waals surface area contributed by atoms with Gasteiger partial charge in [-0.05, 0) is 80.9 Å². The van der Waals surface area contributed by atoms with Crippen LogP contribution in [0.2, 0.25) is 0 Å². The van der Waals surface area contributed by atoms with Gasteiger partial charge in [-0.3, -0.25) is 4.79 Å². The average Bonchev–Trinajstić information content (AvgIpc) is 3.37. The highest BCUT2D eigenvalue weighted by Crippen LogP contribution is 2.35. The normalized spacial score (nSPS) is 17.8. The maximum Gasteiger partial charge on any atom is 0.219 e. The van der Waals surface area contributed by atoms with Crippen molar-refractivity contribution in [3.05, 3.63) is 50.3 Å². The molecule has 1 fully saturated rings. The Balaban J connectivity index is 1.20. The molecule has 0 radical (unpaired) electrons. The first kappa shape index (κ1) is 21.7. The fourth-order valence-electron chi connectivity index (χ4n) is 5.46. The molecule has 2 aliphatic heterocycles. The maximum atomic E-state index is 11.8. The van der Waals surface area contributed by atoms with Crippen molar-refractivity contribution in [3.8, 4) is 0 Å². The number of thiophene rings is 1. The summed E-state index contributed by atoms with van der Waals surface area (Å²) in [5.74, 6) is 0.689. The molecule has 0 aliphatic carbocycles. The fraction of sp³-hybridized carbons (Fsp3) is 0.538. The molecule has 4 heterocycles.